The molecule has 1 aromatic carbocycles. The third-order valence-electron chi connectivity index (χ3n) is 5.34. The van der Waals surface area contributed by atoms with E-state index in [9.17, 15) is 4.79 Å². The summed E-state index contributed by atoms with van der Waals surface area (Å²) in [4.78, 5) is 17.1. The van der Waals surface area contributed by atoms with E-state index in [-0.39, 0.29) is 11.8 Å². The molecule has 162 valence electrons. The van der Waals surface area contributed by atoms with Gasteiger partial charge in [0.25, 0.3) is 0 Å². The second kappa shape index (κ2) is 11.3. The normalized spacial score (nSPS) is 14.7. The Kier molecular flexibility index (Phi) is 8.23. The van der Waals surface area contributed by atoms with Crippen LogP contribution in [0.4, 0.5) is 5.69 Å². The first-order valence-corrected chi connectivity index (χ1v) is 11.0. The van der Waals surface area contributed by atoms with Gasteiger partial charge in [-0.1, -0.05) is 31.9 Å². The molecule has 8 nitrogen and oxygen atoms in total. The number of aromatic nitrogens is 3. The molecule has 1 heterocycles. The van der Waals surface area contributed by atoms with Gasteiger partial charge in [-0.3, -0.25) is 4.79 Å². The summed E-state index contributed by atoms with van der Waals surface area (Å²) in [6, 6.07) is 7.94. The molecule has 0 bridgehead atoms. The van der Waals surface area contributed by atoms with Gasteiger partial charge in [-0.25, -0.2) is 4.99 Å². The Balaban J connectivity index is 1.54. The predicted octanol–water partition coefficient (Wildman–Crippen LogP) is 2.72. The van der Waals surface area contributed by atoms with Crippen LogP contribution in [-0.2, 0) is 24.3 Å². The van der Waals surface area contributed by atoms with Crippen molar-refractivity contribution < 1.29 is 4.79 Å². The molecule has 1 amide bonds. The topological polar surface area (TPSA) is 96.2 Å². The van der Waals surface area contributed by atoms with E-state index in [4.69, 9.17) is 0 Å². The Hall–Kier alpha value is -2.90. The molecule has 1 aliphatic carbocycles. The average Bonchev–Trinajstić information content (AvgIpc) is 3.44. The number of nitrogens with zero attached hydrogens (tertiary/aromatic N) is 4. The molecule has 0 unspecified atom stereocenters. The van der Waals surface area contributed by atoms with Crippen molar-refractivity contribution in [2.45, 2.75) is 59.0 Å². The fraction of sp³-hybridized carbons (Fsp3) is 0.545. The standard InChI is InChI=1S/C22H33N7O/c1-3-20-28-26-16-29(20)13-12-24-22(23-4-2)25-15-17-8-7-11-19(14-17)27-21(30)18-9-5-6-10-18/h7-8,11,14,16,18H,3-6,9-10,12-13,15H2,1-2H3,(H,27,30)(H2,23,24,25). The van der Waals surface area contributed by atoms with Crippen LogP contribution in [0.3, 0.4) is 0 Å². The zero-order chi connectivity index (χ0) is 21.2. The molecule has 1 saturated carbocycles. The predicted molar refractivity (Wildman–Crippen MR) is 119 cm³/mol. The lowest BCUT2D eigenvalue weighted by atomic mass is 10.1. The Morgan fingerprint density at radius 3 is 2.83 bits per heavy atom. The van der Waals surface area contributed by atoms with Gasteiger partial charge in [0.1, 0.15) is 12.2 Å². The van der Waals surface area contributed by atoms with Gasteiger partial charge in [0.05, 0.1) is 6.54 Å². The van der Waals surface area contributed by atoms with Gasteiger partial charge in [0, 0.05) is 37.7 Å². The first kappa shape index (κ1) is 21.8. The number of carbonyl (C=O) groups excluding carboxylic acids is 1. The number of nitrogens with one attached hydrogen (secondary N) is 3. The van der Waals surface area contributed by atoms with Crippen LogP contribution in [0.2, 0.25) is 0 Å². The molecule has 1 fully saturated rings. The number of hydrogen-bond donors (Lipinski definition) is 3. The Morgan fingerprint density at radius 1 is 1.23 bits per heavy atom. The first-order chi connectivity index (χ1) is 14.7. The van der Waals surface area contributed by atoms with Crippen molar-refractivity contribution in [1.29, 1.82) is 0 Å². The molecular weight excluding hydrogens is 378 g/mol. The maximum atomic E-state index is 12.4. The van der Waals surface area contributed by atoms with Crippen molar-refractivity contribution >= 4 is 17.6 Å². The second-order valence-electron chi connectivity index (χ2n) is 7.59. The number of hydrogen-bond acceptors (Lipinski definition) is 4. The quantitative estimate of drug-likeness (QED) is 0.436. The molecular formula is C22H33N7O. The highest BCUT2D eigenvalue weighted by Crippen LogP contribution is 2.26. The summed E-state index contributed by atoms with van der Waals surface area (Å²) >= 11 is 0. The Morgan fingerprint density at radius 2 is 2.07 bits per heavy atom. The van der Waals surface area contributed by atoms with E-state index in [1.165, 1.54) is 0 Å². The summed E-state index contributed by atoms with van der Waals surface area (Å²) in [5.74, 6) is 2.05. The van der Waals surface area contributed by atoms with Crippen LogP contribution in [0.15, 0.2) is 35.6 Å². The lowest BCUT2D eigenvalue weighted by Gasteiger charge is -2.13. The summed E-state index contributed by atoms with van der Waals surface area (Å²) in [7, 11) is 0. The van der Waals surface area contributed by atoms with Crippen LogP contribution in [0, 0.1) is 5.92 Å². The molecule has 1 aliphatic rings. The zero-order valence-corrected chi connectivity index (χ0v) is 18.0. The van der Waals surface area contributed by atoms with Crippen LogP contribution in [0.25, 0.3) is 0 Å². The van der Waals surface area contributed by atoms with E-state index in [0.717, 1.165) is 74.8 Å². The number of amides is 1. The molecule has 1 aromatic heterocycles. The number of benzene rings is 1. The fourth-order valence-corrected chi connectivity index (χ4v) is 3.73. The van der Waals surface area contributed by atoms with Crippen LogP contribution in [0.1, 0.15) is 50.9 Å². The highest BCUT2D eigenvalue weighted by atomic mass is 16.1. The molecule has 0 atom stereocenters. The van der Waals surface area contributed by atoms with E-state index in [1.807, 2.05) is 35.8 Å². The van der Waals surface area contributed by atoms with Gasteiger partial charge in [-0.2, -0.15) is 0 Å². The van der Waals surface area contributed by atoms with Gasteiger partial charge >= 0.3 is 0 Å². The van der Waals surface area contributed by atoms with Crippen molar-refractivity contribution in [2.24, 2.45) is 10.9 Å². The summed E-state index contributed by atoms with van der Waals surface area (Å²) in [5, 5.41) is 17.8. The molecule has 0 radical (unpaired) electrons. The number of rotatable bonds is 9. The third kappa shape index (κ3) is 6.30. The Labute approximate surface area is 178 Å². The fourth-order valence-electron chi connectivity index (χ4n) is 3.73. The smallest absolute Gasteiger partial charge is 0.227 e. The highest BCUT2D eigenvalue weighted by Gasteiger charge is 2.22. The van der Waals surface area contributed by atoms with E-state index in [1.54, 1.807) is 6.33 Å². The summed E-state index contributed by atoms with van der Waals surface area (Å²) < 4.78 is 2.05. The third-order valence-corrected chi connectivity index (χ3v) is 5.34. The minimum absolute atomic E-state index is 0.142. The number of guanidine groups is 1. The van der Waals surface area contributed by atoms with Crippen LogP contribution in [0.5, 0.6) is 0 Å². The van der Waals surface area contributed by atoms with Gasteiger partial charge in [-0.05, 0) is 37.5 Å². The van der Waals surface area contributed by atoms with E-state index in [0.29, 0.717) is 6.54 Å². The average molecular weight is 412 g/mol. The van der Waals surface area contributed by atoms with E-state index < -0.39 is 0 Å². The van der Waals surface area contributed by atoms with Crippen LogP contribution in [-0.4, -0.2) is 39.7 Å². The number of aryl methyl sites for hydroxylation is 1. The van der Waals surface area contributed by atoms with Crippen molar-refractivity contribution in [3.05, 3.63) is 42.0 Å². The highest BCUT2D eigenvalue weighted by molar-refractivity contribution is 5.92. The summed E-state index contributed by atoms with van der Waals surface area (Å²) in [6.45, 7) is 6.96. The lowest BCUT2D eigenvalue weighted by Crippen LogP contribution is -2.38. The van der Waals surface area contributed by atoms with Crippen LogP contribution < -0.4 is 16.0 Å². The molecule has 0 saturated heterocycles. The van der Waals surface area contributed by atoms with Crippen LogP contribution >= 0.6 is 0 Å². The number of carbonyl (C=O) groups is 1. The molecule has 3 N–H and O–H groups in total. The molecule has 0 aliphatic heterocycles. The van der Waals surface area contributed by atoms with Crippen molar-refractivity contribution in [1.82, 2.24) is 25.4 Å². The van der Waals surface area contributed by atoms with Gasteiger partial charge in [0.2, 0.25) is 5.91 Å². The monoisotopic (exact) mass is 411 g/mol. The number of anilines is 1. The van der Waals surface area contributed by atoms with Gasteiger partial charge in [0.15, 0.2) is 5.96 Å². The molecule has 30 heavy (non-hydrogen) atoms. The first-order valence-electron chi connectivity index (χ1n) is 11.0. The van der Waals surface area contributed by atoms with Gasteiger partial charge in [-0.15, -0.1) is 10.2 Å². The second-order valence-corrected chi connectivity index (χ2v) is 7.59. The van der Waals surface area contributed by atoms with Crippen molar-refractivity contribution in [3.63, 3.8) is 0 Å². The maximum Gasteiger partial charge on any atom is 0.227 e. The molecule has 2 aromatic rings. The maximum absolute atomic E-state index is 12.4. The summed E-state index contributed by atoms with van der Waals surface area (Å²) in [5.41, 5.74) is 1.90. The molecule has 3 rings (SSSR count). The van der Waals surface area contributed by atoms with Crippen molar-refractivity contribution in [2.75, 3.05) is 18.4 Å². The van der Waals surface area contributed by atoms with E-state index >= 15 is 0 Å². The minimum atomic E-state index is 0.142. The minimum Gasteiger partial charge on any atom is -0.357 e. The number of aliphatic imine (C=N–C) groups is 1. The van der Waals surface area contributed by atoms with Crippen molar-refractivity contribution in [3.8, 4) is 0 Å². The SMILES string of the molecule is CCNC(=NCc1cccc(NC(=O)C2CCCC2)c1)NCCn1cnnc1CC. The zero-order valence-electron chi connectivity index (χ0n) is 18.0. The van der Waals surface area contributed by atoms with E-state index in [2.05, 4.69) is 38.1 Å². The Bertz CT molecular complexity index is 840. The molecule has 8 heteroatoms. The lowest BCUT2D eigenvalue weighted by molar-refractivity contribution is -0.119. The largest absolute Gasteiger partial charge is 0.357 e. The summed E-state index contributed by atoms with van der Waals surface area (Å²) in [6.07, 6.45) is 6.94. The van der Waals surface area contributed by atoms with Gasteiger partial charge < -0.3 is 20.5 Å². The molecule has 0 spiro atoms.